The smallest absolute Gasteiger partial charge is 0.303 e. The molecule has 2 N–H and O–H groups in total. The number of ether oxygens (including phenoxy) is 3. The fraction of sp³-hybridized carbons (Fsp3) is 0.800. The summed E-state index contributed by atoms with van der Waals surface area (Å²) in [4.78, 5) is 21.6. The van der Waals surface area contributed by atoms with Crippen LogP contribution in [0.4, 0.5) is 0 Å². The highest BCUT2D eigenvalue weighted by molar-refractivity contribution is 6.21. The molecule has 5 atom stereocenters. The molecule has 0 saturated carbocycles. The second-order valence-corrected chi connectivity index (χ2v) is 4.38. The van der Waals surface area contributed by atoms with Crippen molar-refractivity contribution in [2.45, 2.75) is 43.8 Å². The van der Waals surface area contributed by atoms with E-state index in [1.54, 1.807) is 0 Å². The molecule has 8 heteroatoms. The van der Waals surface area contributed by atoms with E-state index in [1.165, 1.54) is 6.92 Å². The molecule has 0 aromatic carbocycles. The van der Waals surface area contributed by atoms with Gasteiger partial charge in [0.15, 0.2) is 12.4 Å². The van der Waals surface area contributed by atoms with Gasteiger partial charge in [-0.05, 0) is 0 Å². The minimum atomic E-state index is -1.44. The Bertz CT molecular complexity index is 321. The minimum Gasteiger partial charge on any atom is -0.463 e. The zero-order valence-electron chi connectivity index (χ0n) is 9.91. The molecule has 0 spiro atoms. The number of halogens is 1. The maximum atomic E-state index is 10.9. The van der Waals surface area contributed by atoms with E-state index in [9.17, 15) is 19.8 Å². The molecule has 2 unspecified atom stereocenters. The van der Waals surface area contributed by atoms with Crippen LogP contribution in [0.25, 0.3) is 0 Å². The van der Waals surface area contributed by atoms with Crippen LogP contribution in [0.1, 0.15) is 13.8 Å². The zero-order chi connectivity index (χ0) is 13.9. The maximum Gasteiger partial charge on any atom is 0.303 e. The first kappa shape index (κ1) is 15.2. The number of hydrogen-bond donors (Lipinski definition) is 2. The van der Waals surface area contributed by atoms with Gasteiger partial charge in [-0.1, -0.05) is 0 Å². The summed E-state index contributed by atoms with van der Waals surface area (Å²) in [5, 5.41) is 18.1. The van der Waals surface area contributed by atoms with Crippen molar-refractivity contribution < 1.29 is 34.0 Å². The van der Waals surface area contributed by atoms with Crippen molar-refractivity contribution >= 4 is 23.5 Å². The van der Waals surface area contributed by atoms with Crippen LogP contribution in [-0.2, 0) is 23.8 Å². The lowest BCUT2D eigenvalue weighted by Crippen LogP contribution is -2.58. The van der Waals surface area contributed by atoms with Crippen LogP contribution in [0.5, 0.6) is 0 Å². The summed E-state index contributed by atoms with van der Waals surface area (Å²) in [7, 11) is 0. The van der Waals surface area contributed by atoms with Gasteiger partial charge in [0.05, 0.1) is 0 Å². The quantitative estimate of drug-likeness (QED) is 0.514. The molecule has 1 fully saturated rings. The minimum absolute atomic E-state index is 0.259. The maximum absolute atomic E-state index is 10.9. The van der Waals surface area contributed by atoms with Crippen LogP contribution in [0.3, 0.4) is 0 Å². The van der Waals surface area contributed by atoms with E-state index in [0.29, 0.717) is 0 Å². The van der Waals surface area contributed by atoms with Gasteiger partial charge >= 0.3 is 11.9 Å². The monoisotopic (exact) mass is 282 g/mol. The molecule has 0 amide bonds. The number of aliphatic hydroxyl groups excluding tert-OH is 2. The highest BCUT2D eigenvalue weighted by Gasteiger charge is 2.46. The second-order valence-electron chi connectivity index (χ2n) is 3.88. The number of aliphatic hydroxyl groups is 2. The third-order valence-electron chi connectivity index (χ3n) is 2.37. The van der Waals surface area contributed by atoms with Gasteiger partial charge < -0.3 is 24.4 Å². The Morgan fingerprint density at radius 2 is 1.89 bits per heavy atom. The fourth-order valence-corrected chi connectivity index (χ4v) is 1.78. The van der Waals surface area contributed by atoms with Crippen molar-refractivity contribution in [3.8, 4) is 0 Å². The molecule has 1 heterocycles. The van der Waals surface area contributed by atoms with Crippen molar-refractivity contribution in [1.29, 1.82) is 0 Å². The predicted molar refractivity (Wildman–Crippen MR) is 58.7 cm³/mol. The first-order valence-electron chi connectivity index (χ1n) is 5.29. The van der Waals surface area contributed by atoms with E-state index in [-0.39, 0.29) is 6.61 Å². The lowest BCUT2D eigenvalue weighted by Gasteiger charge is -2.39. The average Bonchev–Trinajstić information content (AvgIpc) is 2.27. The second kappa shape index (κ2) is 6.33. The van der Waals surface area contributed by atoms with E-state index < -0.39 is 41.9 Å². The largest absolute Gasteiger partial charge is 0.463 e. The van der Waals surface area contributed by atoms with Gasteiger partial charge in [0.25, 0.3) is 0 Å². The van der Waals surface area contributed by atoms with Crippen LogP contribution >= 0.6 is 11.6 Å². The highest BCUT2D eigenvalue weighted by atomic mass is 35.5. The highest BCUT2D eigenvalue weighted by Crippen LogP contribution is 2.26. The summed E-state index contributed by atoms with van der Waals surface area (Å²) < 4.78 is 14.6. The van der Waals surface area contributed by atoms with Gasteiger partial charge in [0.2, 0.25) is 0 Å². The number of carbonyl (C=O) groups excluding carboxylic acids is 2. The third-order valence-corrected chi connectivity index (χ3v) is 2.84. The molecule has 0 bridgehead atoms. The molecule has 0 radical (unpaired) electrons. The van der Waals surface area contributed by atoms with Gasteiger partial charge in [-0.3, -0.25) is 9.59 Å². The summed E-state index contributed by atoms with van der Waals surface area (Å²) >= 11 is 5.70. The van der Waals surface area contributed by atoms with Gasteiger partial charge in [-0.2, -0.15) is 0 Å². The summed E-state index contributed by atoms with van der Waals surface area (Å²) in [5.41, 5.74) is 0. The summed E-state index contributed by atoms with van der Waals surface area (Å²) in [6, 6.07) is 0. The number of alkyl halides is 1. The zero-order valence-corrected chi connectivity index (χ0v) is 10.7. The number of rotatable bonds is 3. The molecule has 0 aliphatic carbocycles. The van der Waals surface area contributed by atoms with Gasteiger partial charge in [-0.25, -0.2) is 0 Å². The molecule has 0 aromatic rings. The first-order chi connectivity index (χ1) is 8.32. The Kier molecular flexibility index (Phi) is 5.33. The van der Waals surface area contributed by atoms with Crippen molar-refractivity contribution in [3.63, 3.8) is 0 Å². The predicted octanol–water partition coefficient (Wildman–Crippen LogP) is -0.833. The lowest BCUT2D eigenvalue weighted by atomic mass is 10.0. The van der Waals surface area contributed by atoms with Crippen LogP contribution in [0, 0.1) is 0 Å². The molecule has 18 heavy (non-hydrogen) atoms. The lowest BCUT2D eigenvalue weighted by molar-refractivity contribution is -0.245. The van der Waals surface area contributed by atoms with E-state index in [4.69, 9.17) is 25.8 Å². The Morgan fingerprint density at radius 3 is 2.39 bits per heavy atom. The van der Waals surface area contributed by atoms with E-state index >= 15 is 0 Å². The van der Waals surface area contributed by atoms with Crippen molar-refractivity contribution in [2.24, 2.45) is 0 Å². The number of carbonyl (C=O) groups is 2. The summed E-state index contributed by atoms with van der Waals surface area (Å²) in [6.45, 7) is 2.09. The first-order valence-corrected chi connectivity index (χ1v) is 5.72. The summed E-state index contributed by atoms with van der Waals surface area (Å²) in [6.07, 6.45) is -4.83. The molecule has 0 aromatic heterocycles. The van der Waals surface area contributed by atoms with Crippen LogP contribution in [0.15, 0.2) is 0 Å². The number of esters is 2. The normalized spacial score (nSPS) is 35.9. The van der Waals surface area contributed by atoms with Gasteiger partial charge in [0, 0.05) is 13.8 Å². The topological polar surface area (TPSA) is 102 Å². The molecular formula is C10H15ClO7. The standard InChI is InChI=1S/C10H15ClO7/c1-4(12)16-3-6-9(17-5(2)13)8(14)7(11)10(15)18-6/h6-10,14-15H,3H2,1-2H3/t6-,7?,8-,9-,10?/m1/s1. The molecule has 1 rings (SSSR count). The molecule has 1 saturated heterocycles. The molecule has 7 nitrogen and oxygen atoms in total. The van der Waals surface area contributed by atoms with E-state index in [0.717, 1.165) is 6.92 Å². The van der Waals surface area contributed by atoms with E-state index in [1.807, 2.05) is 0 Å². The SMILES string of the molecule is CC(=O)OC[C@H]1OC(O)C(Cl)[C@@H](O)[C@@H]1OC(C)=O. The van der Waals surface area contributed by atoms with Crippen LogP contribution in [-0.4, -0.2) is 58.7 Å². The molecule has 104 valence electrons. The third kappa shape index (κ3) is 3.81. The van der Waals surface area contributed by atoms with Gasteiger partial charge in [-0.15, -0.1) is 11.6 Å². The Balaban J connectivity index is 2.75. The van der Waals surface area contributed by atoms with Gasteiger partial charge in [0.1, 0.15) is 24.2 Å². The number of hydrogen-bond acceptors (Lipinski definition) is 7. The molecule has 1 aliphatic rings. The van der Waals surface area contributed by atoms with Crippen LogP contribution in [0.2, 0.25) is 0 Å². The Morgan fingerprint density at radius 1 is 1.28 bits per heavy atom. The van der Waals surface area contributed by atoms with Crippen molar-refractivity contribution in [1.82, 2.24) is 0 Å². The Hall–Kier alpha value is -0.890. The fourth-order valence-electron chi connectivity index (χ4n) is 1.57. The molecular weight excluding hydrogens is 268 g/mol. The average molecular weight is 283 g/mol. The van der Waals surface area contributed by atoms with Crippen molar-refractivity contribution in [3.05, 3.63) is 0 Å². The molecule has 1 aliphatic heterocycles. The van der Waals surface area contributed by atoms with E-state index in [2.05, 4.69) is 0 Å². The van der Waals surface area contributed by atoms with Crippen LogP contribution < -0.4 is 0 Å². The Labute approximate surface area is 109 Å². The van der Waals surface area contributed by atoms with Crippen molar-refractivity contribution in [2.75, 3.05) is 6.61 Å². The summed E-state index contributed by atoms with van der Waals surface area (Å²) in [5.74, 6) is -1.20.